The number of halogens is 3. The molecule has 1 aliphatic heterocycles. The minimum absolute atomic E-state index is 0.135. The van der Waals surface area contributed by atoms with Crippen molar-refractivity contribution in [3.8, 4) is 5.75 Å². The maximum absolute atomic E-state index is 11.3. The van der Waals surface area contributed by atoms with Gasteiger partial charge in [0.15, 0.2) is 0 Å². The number of nitro groups is 3. The molecule has 10 nitrogen and oxygen atoms in total. The molecule has 0 saturated carbocycles. The third-order valence-corrected chi connectivity index (χ3v) is 3.82. The summed E-state index contributed by atoms with van der Waals surface area (Å²) in [5.74, 6) is -0.440. The number of allylic oxidation sites excluding steroid dienone is 1. The summed E-state index contributed by atoms with van der Waals surface area (Å²) < 4.78 is 2.91. The number of benzene rings is 1. The van der Waals surface area contributed by atoms with Crippen molar-refractivity contribution < 1.29 is 19.5 Å². The summed E-state index contributed by atoms with van der Waals surface area (Å²) in [5, 5.41) is 33.4. The normalized spacial score (nSPS) is 17.1. The number of nitro benzene ring substituents is 2. The minimum Gasteiger partial charge on any atom is -0.467 e. The zero-order valence-corrected chi connectivity index (χ0v) is 13.8. The van der Waals surface area contributed by atoms with Gasteiger partial charge in [-0.1, -0.05) is 34.8 Å². The first-order valence-corrected chi connectivity index (χ1v) is 7.14. The molecule has 1 aromatic rings. The smallest absolute Gasteiger partial charge is 0.318 e. The first-order valence-electron chi connectivity index (χ1n) is 6.01. The summed E-state index contributed by atoms with van der Waals surface area (Å²) in [6.45, 7) is 1.23. The van der Waals surface area contributed by atoms with Gasteiger partial charge in [0.05, 0.1) is 20.8 Å². The van der Waals surface area contributed by atoms with E-state index in [0.29, 0.717) is 6.07 Å². The van der Waals surface area contributed by atoms with E-state index in [1.807, 2.05) is 0 Å². The van der Waals surface area contributed by atoms with Crippen molar-refractivity contribution in [1.82, 2.24) is 0 Å². The van der Waals surface area contributed by atoms with Crippen molar-refractivity contribution in [3.05, 3.63) is 53.7 Å². The Morgan fingerprint density at radius 1 is 1.04 bits per heavy atom. The molecule has 1 aromatic carbocycles. The van der Waals surface area contributed by atoms with Crippen LogP contribution in [0.1, 0.15) is 12.5 Å². The lowest BCUT2D eigenvalue weighted by atomic mass is 9.97. The molecule has 24 heavy (non-hydrogen) atoms. The maximum Gasteiger partial charge on any atom is 0.318 e. The first kappa shape index (κ1) is 18.2. The predicted molar refractivity (Wildman–Crippen MR) is 84.0 cm³/mol. The van der Waals surface area contributed by atoms with Crippen LogP contribution in [-0.4, -0.2) is 24.7 Å². The van der Waals surface area contributed by atoms with Gasteiger partial charge in [-0.2, -0.15) is 0 Å². The lowest BCUT2D eigenvalue weighted by Gasteiger charge is -2.28. The van der Waals surface area contributed by atoms with Crippen LogP contribution in [0.2, 0.25) is 0 Å². The Bertz CT molecular complexity index is 803. The zero-order valence-electron chi connectivity index (χ0n) is 11.6. The van der Waals surface area contributed by atoms with Gasteiger partial charge in [-0.25, -0.2) is 0 Å². The third-order valence-electron chi connectivity index (χ3n) is 3.23. The van der Waals surface area contributed by atoms with E-state index in [9.17, 15) is 30.3 Å². The molecule has 2 rings (SSSR count). The van der Waals surface area contributed by atoms with Crippen LogP contribution in [0.4, 0.5) is 11.4 Å². The molecule has 0 unspecified atom stereocenters. The van der Waals surface area contributed by atoms with E-state index in [-0.39, 0.29) is 11.1 Å². The second kappa shape index (κ2) is 6.04. The van der Waals surface area contributed by atoms with Crippen LogP contribution < -0.4 is 4.74 Å². The molecular formula is C11H6Cl3N3O7. The highest BCUT2D eigenvalue weighted by Gasteiger charge is 2.50. The molecule has 1 atom stereocenters. The fourth-order valence-corrected chi connectivity index (χ4v) is 2.65. The van der Waals surface area contributed by atoms with Gasteiger partial charge in [-0.3, -0.25) is 30.3 Å². The largest absolute Gasteiger partial charge is 0.467 e. The van der Waals surface area contributed by atoms with Crippen LogP contribution in [0.25, 0.3) is 5.57 Å². The molecule has 0 fully saturated rings. The van der Waals surface area contributed by atoms with Gasteiger partial charge >= 0.3 is 5.69 Å². The Balaban J connectivity index is 2.85. The van der Waals surface area contributed by atoms with E-state index in [1.165, 1.54) is 6.92 Å². The van der Waals surface area contributed by atoms with Crippen molar-refractivity contribution in [2.45, 2.75) is 16.8 Å². The molecule has 1 aliphatic rings. The van der Waals surface area contributed by atoms with Crippen LogP contribution in [0, 0.1) is 30.3 Å². The number of nitrogens with zero attached hydrogens (tertiary/aromatic N) is 3. The molecule has 0 aliphatic carbocycles. The van der Waals surface area contributed by atoms with E-state index in [0.717, 1.165) is 6.07 Å². The summed E-state index contributed by atoms with van der Waals surface area (Å²) >= 11 is 17.1. The van der Waals surface area contributed by atoms with Crippen molar-refractivity contribution in [3.63, 3.8) is 0 Å². The Morgan fingerprint density at radius 3 is 2.04 bits per heavy atom. The predicted octanol–water partition coefficient (Wildman–Crippen LogP) is 3.64. The molecule has 0 N–H and O–H groups in total. The molecule has 0 amide bonds. The van der Waals surface area contributed by atoms with E-state index in [1.54, 1.807) is 0 Å². The summed E-state index contributed by atoms with van der Waals surface area (Å²) in [4.78, 5) is 30.8. The van der Waals surface area contributed by atoms with Crippen molar-refractivity contribution in [1.29, 1.82) is 0 Å². The van der Waals surface area contributed by atoms with Gasteiger partial charge in [0.2, 0.25) is 15.6 Å². The van der Waals surface area contributed by atoms with E-state index >= 15 is 0 Å². The SMILES string of the molecule is CC1=C([N+](=O)[O-])[C@@H](C(Cl)(Cl)Cl)Oc2c1cc([N+](=O)[O-])cc2[N+](=O)[O-]. The molecule has 0 aromatic heterocycles. The molecule has 0 bridgehead atoms. The number of hydrogen-bond acceptors (Lipinski definition) is 7. The van der Waals surface area contributed by atoms with Crippen molar-refractivity contribution in [2.24, 2.45) is 0 Å². The highest BCUT2D eigenvalue weighted by Crippen LogP contribution is 2.48. The Kier molecular flexibility index (Phi) is 4.57. The van der Waals surface area contributed by atoms with Crippen LogP contribution in [0.5, 0.6) is 5.75 Å². The Labute approximate surface area is 148 Å². The van der Waals surface area contributed by atoms with Gasteiger partial charge in [-0.05, 0) is 6.92 Å². The Morgan fingerprint density at radius 2 is 1.62 bits per heavy atom. The van der Waals surface area contributed by atoms with Crippen LogP contribution in [0.15, 0.2) is 17.8 Å². The summed E-state index contributed by atoms with van der Waals surface area (Å²) in [6, 6.07) is 1.59. The molecule has 0 radical (unpaired) electrons. The van der Waals surface area contributed by atoms with Gasteiger partial charge in [0.1, 0.15) is 0 Å². The zero-order chi connectivity index (χ0) is 18.4. The summed E-state index contributed by atoms with van der Waals surface area (Å²) in [7, 11) is 0. The second-order valence-electron chi connectivity index (χ2n) is 4.66. The highest BCUT2D eigenvalue weighted by atomic mass is 35.6. The molecular weight excluding hydrogens is 392 g/mol. The van der Waals surface area contributed by atoms with Crippen LogP contribution >= 0.6 is 34.8 Å². The van der Waals surface area contributed by atoms with E-state index < -0.39 is 47.5 Å². The second-order valence-corrected chi connectivity index (χ2v) is 7.03. The molecule has 0 saturated heterocycles. The standard InChI is InChI=1S/C11H6Cl3N3O7/c1-4-6-2-5(15(18)19)3-7(16(20)21)9(6)24-10(11(12,13)14)8(4)17(22)23/h2-3,10H,1H3/t10-/m0/s1. The average Bonchev–Trinajstić information content (AvgIpc) is 2.44. The lowest BCUT2D eigenvalue weighted by molar-refractivity contribution is -0.434. The molecule has 0 spiro atoms. The quantitative estimate of drug-likeness (QED) is 0.430. The molecule has 1 heterocycles. The van der Waals surface area contributed by atoms with E-state index in [4.69, 9.17) is 39.5 Å². The number of rotatable bonds is 3. The number of non-ortho nitro benzene ring substituents is 1. The first-order chi connectivity index (χ1) is 10.9. The molecule has 13 heteroatoms. The number of hydrogen-bond donors (Lipinski definition) is 0. The average molecular weight is 399 g/mol. The lowest BCUT2D eigenvalue weighted by Crippen LogP contribution is -2.39. The fraction of sp³-hybridized carbons (Fsp3) is 0.273. The van der Waals surface area contributed by atoms with Crippen molar-refractivity contribution >= 4 is 51.8 Å². The topological polar surface area (TPSA) is 139 Å². The van der Waals surface area contributed by atoms with Gasteiger partial charge in [0.25, 0.3) is 11.4 Å². The summed E-state index contributed by atoms with van der Waals surface area (Å²) in [5.41, 5.74) is -2.37. The van der Waals surface area contributed by atoms with Crippen LogP contribution in [-0.2, 0) is 0 Å². The van der Waals surface area contributed by atoms with Gasteiger partial charge in [0, 0.05) is 17.2 Å². The maximum atomic E-state index is 11.3. The number of alkyl halides is 3. The molecule has 128 valence electrons. The van der Waals surface area contributed by atoms with Gasteiger partial charge < -0.3 is 4.74 Å². The van der Waals surface area contributed by atoms with Crippen molar-refractivity contribution in [2.75, 3.05) is 0 Å². The van der Waals surface area contributed by atoms with Gasteiger partial charge in [-0.15, -0.1) is 0 Å². The number of fused-ring (bicyclic) bond motifs is 1. The monoisotopic (exact) mass is 397 g/mol. The highest BCUT2D eigenvalue weighted by molar-refractivity contribution is 6.68. The number of ether oxygens (including phenoxy) is 1. The van der Waals surface area contributed by atoms with E-state index in [2.05, 4.69) is 0 Å². The third kappa shape index (κ3) is 3.07. The summed E-state index contributed by atoms with van der Waals surface area (Å²) in [6.07, 6.45) is -1.73. The van der Waals surface area contributed by atoms with Crippen LogP contribution in [0.3, 0.4) is 0 Å². The fourth-order valence-electron chi connectivity index (χ4n) is 2.20. The minimum atomic E-state index is -2.29. The Hall–Kier alpha value is -2.17.